The zero-order valence-corrected chi connectivity index (χ0v) is 18.0. The van der Waals surface area contributed by atoms with Crippen molar-refractivity contribution in [2.24, 2.45) is 11.8 Å². The van der Waals surface area contributed by atoms with Crippen LogP contribution in [0, 0.1) is 23.5 Å². The van der Waals surface area contributed by atoms with Crippen LogP contribution in [0.15, 0.2) is 48.6 Å². The topological polar surface area (TPSA) is 9.23 Å². The lowest BCUT2D eigenvalue weighted by atomic mass is 9.57. The third-order valence-electron chi connectivity index (χ3n) is 7.09. The van der Waals surface area contributed by atoms with Crippen molar-refractivity contribution < 1.29 is 26.7 Å². The highest BCUT2D eigenvalue weighted by Gasteiger charge is 2.43. The number of hydrogen-bond acceptors (Lipinski definition) is 1. The van der Waals surface area contributed by atoms with E-state index >= 15 is 0 Å². The monoisotopic (exact) mass is 450 g/mol. The fourth-order valence-corrected chi connectivity index (χ4v) is 5.89. The average Bonchev–Trinajstić information content (AvgIpc) is 2.73. The standard InChI is InChI=1S/C26H27F5O/c1-2-3-4-5-16-8-11-20-22(13-12-21-23(20)14-18(27)15-24(21)28)25(16)17-6-9-19(10-7-17)32-26(29,30)31/h2-3,6-7,9-10,14-16,20,22,25H,4-5,8,11-13H2,1H3/b3-2+/t16-,20-,22+,25-/m1/s1. The molecule has 0 radical (unpaired) electrons. The molecule has 1 fully saturated rings. The van der Waals surface area contributed by atoms with Crippen LogP contribution in [0.5, 0.6) is 5.75 Å². The van der Waals surface area contributed by atoms with Crippen LogP contribution in [0.25, 0.3) is 0 Å². The van der Waals surface area contributed by atoms with E-state index in [0.29, 0.717) is 17.9 Å². The first-order valence-corrected chi connectivity index (χ1v) is 11.2. The Balaban J connectivity index is 1.67. The van der Waals surface area contributed by atoms with Crippen molar-refractivity contribution in [1.82, 2.24) is 0 Å². The summed E-state index contributed by atoms with van der Waals surface area (Å²) >= 11 is 0. The first kappa shape index (κ1) is 22.8. The minimum Gasteiger partial charge on any atom is -0.406 e. The predicted octanol–water partition coefficient (Wildman–Crippen LogP) is 8.06. The molecule has 32 heavy (non-hydrogen) atoms. The summed E-state index contributed by atoms with van der Waals surface area (Å²) in [5.74, 6) is -0.529. The Morgan fingerprint density at radius 1 is 1.03 bits per heavy atom. The van der Waals surface area contributed by atoms with Crippen LogP contribution >= 0.6 is 0 Å². The number of hydrogen-bond donors (Lipinski definition) is 0. The van der Waals surface area contributed by atoms with E-state index in [-0.39, 0.29) is 23.5 Å². The number of alkyl halides is 3. The van der Waals surface area contributed by atoms with Gasteiger partial charge in [-0.2, -0.15) is 0 Å². The van der Waals surface area contributed by atoms with Gasteiger partial charge in [-0.15, -0.1) is 13.2 Å². The highest BCUT2D eigenvalue weighted by atomic mass is 19.4. The van der Waals surface area contributed by atoms with Gasteiger partial charge in [-0.1, -0.05) is 24.3 Å². The Morgan fingerprint density at radius 3 is 2.47 bits per heavy atom. The van der Waals surface area contributed by atoms with Crippen LogP contribution in [0.2, 0.25) is 0 Å². The van der Waals surface area contributed by atoms with Crippen LogP contribution in [-0.4, -0.2) is 6.36 Å². The van der Waals surface area contributed by atoms with Gasteiger partial charge in [0, 0.05) is 6.07 Å². The van der Waals surface area contributed by atoms with Gasteiger partial charge in [-0.05, 0) is 104 Å². The van der Waals surface area contributed by atoms with E-state index in [9.17, 15) is 22.0 Å². The van der Waals surface area contributed by atoms with E-state index in [1.54, 1.807) is 12.1 Å². The molecule has 4 rings (SSSR count). The van der Waals surface area contributed by atoms with Crippen LogP contribution in [-0.2, 0) is 6.42 Å². The molecule has 0 spiro atoms. The second-order valence-corrected chi connectivity index (χ2v) is 8.89. The van der Waals surface area contributed by atoms with Gasteiger partial charge in [-0.3, -0.25) is 0 Å². The van der Waals surface area contributed by atoms with Crippen molar-refractivity contribution in [3.63, 3.8) is 0 Å². The number of allylic oxidation sites excluding steroid dienone is 2. The minimum atomic E-state index is -4.73. The lowest BCUT2D eigenvalue weighted by Crippen LogP contribution is -2.35. The van der Waals surface area contributed by atoms with Crippen molar-refractivity contribution in [2.75, 3.05) is 0 Å². The molecule has 0 saturated heterocycles. The van der Waals surface area contributed by atoms with E-state index < -0.39 is 18.0 Å². The first-order chi connectivity index (χ1) is 15.3. The number of benzene rings is 2. The second kappa shape index (κ2) is 9.24. The molecule has 0 amide bonds. The molecule has 4 atom stereocenters. The molecule has 6 heteroatoms. The van der Waals surface area contributed by atoms with E-state index in [1.165, 1.54) is 18.2 Å². The predicted molar refractivity (Wildman–Crippen MR) is 114 cm³/mol. The summed E-state index contributed by atoms with van der Waals surface area (Å²) in [5.41, 5.74) is 2.36. The van der Waals surface area contributed by atoms with E-state index in [0.717, 1.165) is 49.3 Å². The first-order valence-electron chi connectivity index (χ1n) is 11.2. The number of halogens is 5. The van der Waals surface area contributed by atoms with E-state index in [4.69, 9.17) is 0 Å². The summed E-state index contributed by atoms with van der Waals surface area (Å²) in [6.07, 6.45) is 4.45. The van der Waals surface area contributed by atoms with Crippen molar-refractivity contribution in [1.29, 1.82) is 0 Å². The maximum absolute atomic E-state index is 14.4. The van der Waals surface area contributed by atoms with Gasteiger partial charge < -0.3 is 4.74 Å². The summed E-state index contributed by atoms with van der Waals surface area (Å²) in [5, 5.41) is 0. The molecule has 1 saturated carbocycles. The van der Waals surface area contributed by atoms with Crippen LogP contribution in [0.3, 0.4) is 0 Å². The summed E-state index contributed by atoms with van der Waals surface area (Å²) in [6.45, 7) is 1.98. The molecular formula is C26H27F5O. The Labute approximate surface area is 185 Å². The molecular weight excluding hydrogens is 423 g/mol. The lowest BCUT2D eigenvalue weighted by Gasteiger charge is -2.47. The van der Waals surface area contributed by atoms with Gasteiger partial charge in [0.2, 0.25) is 0 Å². The maximum atomic E-state index is 14.4. The number of rotatable bonds is 5. The summed E-state index contributed by atoms with van der Waals surface area (Å²) in [7, 11) is 0. The minimum absolute atomic E-state index is 0.0537. The fraction of sp³-hybridized carbons (Fsp3) is 0.462. The molecule has 0 aromatic heterocycles. The average molecular weight is 450 g/mol. The molecule has 0 heterocycles. The molecule has 2 aromatic carbocycles. The van der Waals surface area contributed by atoms with Gasteiger partial charge in [0.15, 0.2) is 0 Å². The molecule has 2 aromatic rings. The largest absolute Gasteiger partial charge is 0.573 e. The molecule has 0 bridgehead atoms. The second-order valence-electron chi connectivity index (χ2n) is 8.89. The van der Waals surface area contributed by atoms with E-state index in [1.807, 2.05) is 13.0 Å². The Kier molecular flexibility index (Phi) is 6.59. The molecule has 0 aliphatic heterocycles. The van der Waals surface area contributed by atoms with Crippen molar-refractivity contribution in [2.45, 2.75) is 63.6 Å². The van der Waals surface area contributed by atoms with E-state index in [2.05, 4.69) is 10.8 Å². The zero-order chi connectivity index (χ0) is 22.9. The number of fused-ring (bicyclic) bond motifs is 3. The summed E-state index contributed by atoms with van der Waals surface area (Å²) < 4.78 is 70.2. The smallest absolute Gasteiger partial charge is 0.406 e. The molecule has 2 aliphatic rings. The summed E-state index contributed by atoms with van der Waals surface area (Å²) in [4.78, 5) is 0. The zero-order valence-electron chi connectivity index (χ0n) is 18.0. The van der Waals surface area contributed by atoms with Crippen LogP contribution < -0.4 is 4.74 Å². The van der Waals surface area contributed by atoms with Crippen molar-refractivity contribution in [3.8, 4) is 5.75 Å². The Hall–Kier alpha value is -2.37. The maximum Gasteiger partial charge on any atom is 0.573 e. The normalized spacial score (nSPS) is 25.4. The van der Waals surface area contributed by atoms with Crippen molar-refractivity contribution >= 4 is 0 Å². The SMILES string of the molecule is C/C=C/CC[C@@H]1CC[C@H]2c3cc(F)cc(F)c3CC[C@@H]2[C@H]1c1ccc(OC(F)(F)F)cc1. The van der Waals surface area contributed by atoms with Gasteiger partial charge in [0.05, 0.1) is 0 Å². The van der Waals surface area contributed by atoms with Gasteiger partial charge >= 0.3 is 6.36 Å². The quantitative estimate of drug-likeness (QED) is 0.331. The van der Waals surface area contributed by atoms with Crippen LogP contribution in [0.1, 0.15) is 67.6 Å². The Morgan fingerprint density at radius 2 is 1.78 bits per heavy atom. The lowest BCUT2D eigenvalue weighted by molar-refractivity contribution is -0.274. The highest BCUT2D eigenvalue weighted by Crippen LogP contribution is 2.55. The van der Waals surface area contributed by atoms with Gasteiger partial charge in [0.25, 0.3) is 0 Å². The Bertz CT molecular complexity index is 963. The number of ether oxygens (including phenoxy) is 1. The third-order valence-corrected chi connectivity index (χ3v) is 7.09. The van der Waals surface area contributed by atoms with Crippen LogP contribution in [0.4, 0.5) is 22.0 Å². The van der Waals surface area contributed by atoms with Gasteiger partial charge in [0.1, 0.15) is 17.4 Å². The fourth-order valence-electron chi connectivity index (χ4n) is 5.89. The molecule has 1 nitrogen and oxygen atoms in total. The molecule has 0 unspecified atom stereocenters. The molecule has 2 aliphatic carbocycles. The van der Waals surface area contributed by atoms with Crippen molar-refractivity contribution in [3.05, 3.63) is 76.9 Å². The highest BCUT2D eigenvalue weighted by molar-refractivity contribution is 5.39. The third kappa shape index (κ3) is 4.84. The van der Waals surface area contributed by atoms with Gasteiger partial charge in [-0.25, -0.2) is 8.78 Å². The molecule has 0 N–H and O–H groups in total. The summed E-state index contributed by atoms with van der Waals surface area (Å²) in [6, 6.07) is 8.61. The molecule has 172 valence electrons.